The fourth-order valence-corrected chi connectivity index (χ4v) is 4.08. The second-order valence-corrected chi connectivity index (χ2v) is 7.97. The molecule has 1 atom stereocenters. The van der Waals surface area contributed by atoms with Crippen LogP contribution in [0.15, 0.2) is 59.6 Å². The van der Waals surface area contributed by atoms with Gasteiger partial charge in [-0.3, -0.25) is 14.5 Å². The van der Waals surface area contributed by atoms with E-state index in [1.54, 1.807) is 0 Å². The number of benzene rings is 2. The van der Waals surface area contributed by atoms with Crippen LogP contribution in [0.25, 0.3) is 0 Å². The minimum Gasteiger partial charge on any atom is -0.354 e. The van der Waals surface area contributed by atoms with Gasteiger partial charge in [-0.2, -0.15) is 0 Å². The van der Waals surface area contributed by atoms with Crippen molar-refractivity contribution in [2.24, 2.45) is 4.99 Å². The molecule has 2 aromatic carbocycles. The minimum atomic E-state index is -0.587. The lowest BCUT2D eigenvalue weighted by molar-refractivity contribution is -0.138. The molecule has 1 heterocycles. The number of methoxy groups -OCH3 is 2. The van der Waals surface area contributed by atoms with E-state index >= 15 is 0 Å². The van der Waals surface area contributed by atoms with Crippen molar-refractivity contribution >= 4 is 40.1 Å². The van der Waals surface area contributed by atoms with Crippen molar-refractivity contribution < 1.29 is 19.1 Å². The van der Waals surface area contributed by atoms with Crippen LogP contribution in [0.3, 0.4) is 0 Å². The van der Waals surface area contributed by atoms with Gasteiger partial charge < -0.3 is 14.8 Å². The molecule has 0 bridgehead atoms. The molecule has 1 N–H and O–H groups in total. The Balaban J connectivity index is 1.75. The normalized spacial score (nSPS) is 17.7. The largest absolute Gasteiger partial charge is 0.354 e. The van der Waals surface area contributed by atoms with Crippen molar-refractivity contribution in [1.29, 1.82) is 0 Å². The zero-order valence-electron chi connectivity index (χ0n) is 17.2. The number of anilines is 1. The van der Waals surface area contributed by atoms with Crippen LogP contribution in [0, 0.1) is 6.92 Å². The van der Waals surface area contributed by atoms with Gasteiger partial charge in [-0.1, -0.05) is 47.7 Å². The molecule has 0 aliphatic carbocycles. The summed E-state index contributed by atoms with van der Waals surface area (Å²) in [5.74, 6) is -0.409. The van der Waals surface area contributed by atoms with Gasteiger partial charge in [0.25, 0.3) is 0 Å². The van der Waals surface area contributed by atoms with Gasteiger partial charge in [0.15, 0.2) is 11.5 Å². The summed E-state index contributed by atoms with van der Waals surface area (Å²) < 4.78 is 10.5. The lowest BCUT2D eigenvalue weighted by Gasteiger charge is -2.21. The van der Waals surface area contributed by atoms with E-state index in [2.05, 4.69) is 10.3 Å². The van der Waals surface area contributed by atoms with Gasteiger partial charge in [-0.05, 0) is 31.2 Å². The minimum absolute atomic E-state index is 0.0479. The number of nitrogens with zero attached hydrogens (tertiary/aromatic N) is 2. The number of carbonyl (C=O) groups excluding carboxylic acids is 2. The van der Waals surface area contributed by atoms with Gasteiger partial charge in [0, 0.05) is 26.3 Å². The molecule has 8 heteroatoms. The third-order valence-electron chi connectivity index (χ3n) is 4.56. The lowest BCUT2D eigenvalue weighted by atomic mass is 10.2. The number of hydrogen-bond donors (Lipinski definition) is 1. The molecular formula is C22H25N3O4S. The van der Waals surface area contributed by atoms with Gasteiger partial charge in [-0.15, -0.1) is 0 Å². The number of amidine groups is 1. The Labute approximate surface area is 180 Å². The summed E-state index contributed by atoms with van der Waals surface area (Å²) in [6.07, 6.45) is -0.539. The van der Waals surface area contributed by atoms with Crippen LogP contribution in [-0.4, -0.2) is 54.2 Å². The Morgan fingerprint density at radius 3 is 2.43 bits per heavy atom. The molecule has 1 aliphatic heterocycles. The Morgan fingerprint density at radius 1 is 1.13 bits per heavy atom. The molecule has 158 valence electrons. The fraction of sp³-hybridized carbons (Fsp3) is 0.318. The van der Waals surface area contributed by atoms with E-state index in [0.717, 1.165) is 11.3 Å². The number of rotatable bonds is 8. The maximum Gasteiger partial charge on any atom is 0.242 e. The van der Waals surface area contributed by atoms with Gasteiger partial charge in [0.1, 0.15) is 5.25 Å². The van der Waals surface area contributed by atoms with Crippen LogP contribution in [0.5, 0.6) is 0 Å². The second-order valence-electron chi connectivity index (χ2n) is 6.80. The monoisotopic (exact) mass is 427 g/mol. The quantitative estimate of drug-likeness (QED) is 0.652. The zero-order chi connectivity index (χ0) is 21.5. The molecular weight excluding hydrogens is 402 g/mol. The summed E-state index contributed by atoms with van der Waals surface area (Å²) in [4.78, 5) is 31.7. The molecule has 1 saturated heterocycles. The van der Waals surface area contributed by atoms with Crippen molar-refractivity contribution in [2.75, 3.05) is 26.1 Å². The van der Waals surface area contributed by atoms with Crippen LogP contribution in [0.4, 0.5) is 11.4 Å². The van der Waals surface area contributed by atoms with Gasteiger partial charge >= 0.3 is 0 Å². The fourth-order valence-electron chi connectivity index (χ4n) is 2.92. The second kappa shape index (κ2) is 10.4. The number of hydrogen-bond acceptors (Lipinski definition) is 6. The first kappa shape index (κ1) is 22.0. The van der Waals surface area contributed by atoms with E-state index in [9.17, 15) is 9.59 Å². The lowest BCUT2D eigenvalue weighted by Crippen LogP contribution is -2.40. The Morgan fingerprint density at radius 2 is 1.80 bits per heavy atom. The highest BCUT2D eigenvalue weighted by molar-refractivity contribution is 8.15. The number of thioether (sulfide) groups is 1. The molecule has 1 aliphatic rings. The third-order valence-corrected chi connectivity index (χ3v) is 5.74. The van der Waals surface area contributed by atoms with Crippen LogP contribution >= 0.6 is 11.8 Å². The smallest absolute Gasteiger partial charge is 0.242 e. The van der Waals surface area contributed by atoms with E-state index in [0.29, 0.717) is 10.9 Å². The number of amides is 2. The Hall–Kier alpha value is -2.68. The highest BCUT2D eigenvalue weighted by Crippen LogP contribution is 2.32. The predicted molar refractivity (Wildman–Crippen MR) is 119 cm³/mol. The van der Waals surface area contributed by atoms with E-state index in [-0.39, 0.29) is 24.8 Å². The van der Waals surface area contributed by atoms with Gasteiger partial charge in [0.2, 0.25) is 11.8 Å². The first-order valence-corrected chi connectivity index (χ1v) is 10.4. The Bertz CT molecular complexity index is 898. The molecule has 3 rings (SSSR count). The van der Waals surface area contributed by atoms with Crippen molar-refractivity contribution in [3.05, 3.63) is 60.2 Å². The molecule has 0 aromatic heterocycles. The third kappa shape index (κ3) is 5.69. The van der Waals surface area contributed by atoms with Crippen LogP contribution in [0.1, 0.15) is 12.0 Å². The molecule has 0 radical (unpaired) electrons. The molecule has 2 amide bonds. The predicted octanol–water partition coefficient (Wildman–Crippen LogP) is 3.57. The summed E-state index contributed by atoms with van der Waals surface area (Å²) in [6, 6.07) is 16.9. The molecule has 2 aromatic rings. The summed E-state index contributed by atoms with van der Waals surface area (Å²) >= 11 is 1.28. The van der Waals surface area contributed by atoms with Crippen LogP contribution < -0.4 is 5.32 Å². The maximum absolute atomic E-state index is 13.0. The average molecular weight is 428 g/mol. The maximum atomic E-state index is 13.0. The van der Waals surface area contributed by atoms with Crippen molar-refractivity contribution in [3.63, 3.8) is 0 Å². The van der Waals surface area contributed by atoms with Crippen molar-refractivity contribution in [2.45, 2.75) is 24.9 Å². The van der Waals surface area contributed by atoms with E-state index in [4.69, 9.17) is 9.47 Å². The molecule has 0 unspecified atom stereocenters. The summed E-state index contributed by atoms with van der Waals surface area (Å²) in [6.45, 7) is 2.18. The van der Waals surface area contributed by atoms with Crippen molar-refractivity contribution in [3.8, 4) is 0 Å². The number of para-hydroxylation sites is 1. The molecule has 1 fully saturated rings. The zero-order valence-corrected chi connectivity index (χ0v) is 18.0. The summed E-state index contributed by atoms with van der Waals surface area (Å²) in [5.41, 5.74) is 2.54. The molecule has 7 nitrogen and oxygen atoms in total. The van der Waals surface area contributed by atoms with E-state index < -0.39 is 11.5 Å². The van der Waals surface area contributed by atoms with Gasteiger partial charge in [-0.25, -0.2) is 4.99 Å². The highest BCUT2D eigenvalue weighted by Gasteiger charge is 2.40. The van der Waals surface area contributed by atoms with E-state index in [1.165, 1.54) is 30.9 Å². The number of nitrogens with one attached hydrogen (secondary N) is 1. The topological polar surface area (TPSA) is 80.2 Å². The molecule has 0 saturated carbocycles. The van der Waals surface area contributed by atoms with Crippen molar-refractivity contribution in [1.82, 2.24) is 4.90 Å². The summed E-state index contributed by atoms with van der Waals surface area (Å²) in [7, 11) is 3.03. The average Bonchev–Trinajstić information content (AvgIpc) is 3.02. The first-order chi connectivity index (χ1) is 14.5. The number of ether oxygens (including phenoxy) is 2. The SMILES string of the molecule is COC(CN1C(=O)[C@@H](CC(=O)Nc2ccc(C)cc2)SC1=Nc1ccccc1)OC. The van der Waals surface area contributed by atoms with E-state index in [1.807, 2.05) is 61.5 Å². The first-order valence-electron chi connectivity index (χ1n) is 9.54. The standard InChI is InChI=1S/C22H25N3O4S/c1-15-9-11-17(12-10-15)23-19(26)13-18-21(27)25(14-20(28-2)29-3)22(30-18)24-16-7-5-4-6-8-16/h4-12,18,20H,13-14H2,1-3H3,(H,23,26)/t18-/m1/s1. The van der Waals surface area contributed by atoms with Gasteiger partial charge in [0.05, 0.1) is 12.2 Å². The molecule has 30 heavy (non-hydrogen) atoms. The summed E-state index contributed by atoms with van der Waals surface area (Å²) in [5, 5.41) is 2.81. The number of aliphatic imine (C=N–C) groups is 1. The van der Waals surface area contributed by atoms with Crippen LogP contribution in [-0.2, 0) is 19.1 Å². The highest BCUT2D eigenvalue weighted by atomic mass is 32.2. The van der Waals surface area contributed by atoms with Crippen LogP contribution in [0.2, 0.25) is 0 Å². The number of carbonyl (C=O) groups is 2. The number of aryl methyl sites for hydroxylation is 1. The Kier molecular flexibility index (Phi) is 7.62. The molecule has 0 spiro atoms.